The Morgan fingerprint density at radius 3 is 0.872 bits per heavy atom. The lowest BCUT2D eigenvalue weighted by molar-refractivity contribution is -0.138. The van der Waals surface area contributed by atoms with Crippen molar-refractivity contribution in [2.75, 3.05) is 55.6 Å². The first-order chi connectivity index (χ1) is 41.8. The van der Waals surface area contributed by atoms with Gasteiger partial charge in [-0.05, 0) is 184 Å². The van der Waals surface area contributed by atoms with Crippen molar-refractivity contribution in [3.05, 3.63) is 206 Å². The van der Waals surface area contributed by atoms with E-state index in [1.165, 1.54) is 24.3 Å². The van der Waals surface area contributed by atoms with Crippen molar-refractivity contribution in [1.82, 2.24) is 15.0 Å². The Labute approximate surface area is 494 Å². The number of hydrogen-bond acceptors (Lipinski definition) is 22. The summed E-state index contributed by atoms with van der Waals surface area (Å²) in [5, 5.41) is 9.44. The van der Waals surface area contributed by atoms with E-state index in [1.807, 2.05) is 0 Å². The van der Waals surface area contributed by atoms with Crippen LogP contribution in [0.2, 0.25) is 0 Å². The summed E-state index contributed by atoms with van der Waals surface area (Å²) in [7, 11) is 0. The van der Waals surface area contributed by atoms with E-state index in [0.29, 0.717) is 91.4 Å². The normalized spacial score (nSPS) is 10.4. The zero-order valence-electron chi connectivity index (χ0n) is 46.6. The van der Waals surface area contributed by atoms with Crippen molar-refractivity contribution in [1.29, 1.82) is 0 Å². The number of hydrogen-bond donors (Lipinski definition) is 3. The van der Waals surface area contributed by atoms with Crippen LogP contribution in [0.15, 0.2) is 184 Å². The van der Waals surface area contributed by atoms with E-state index < -0.39 is 41.8 Å². The molecule has 7 aromatic rings. The van der Waals surface area contributed by atoms with Crippen molar-refractivity contribution in [2.24, 2.45) is 0 Å². The largest absolute Gasteiger partial charge is 0.494 e. The SMILES string of the molecule is C=CC(=O)OCCCCOC(=O)c1ccc(OC(=O)c2ccc(Nc3nc(Nc4ccc(OC(=O)c5ccc(OCCCCOC(=O)C=C)cc5)cc4)nc(Nc4ccc(OC(=O)c5ccc(OCCCCOC(=O)C=C)cc5)cc4)n3)cc2)cc1. The minimum atomic E-state index is -0.658. The standard InChI is InChI=1S/C64H60N6O16/c1-4-55(71)80-39-9-7-37-78-50-27-15-45(16-28-50)60(76)85-53-33-23-48(24-34-53)66-63-68-62(65-47-21-13-44(14-22-47)59(75)84-52-31-19-43(20-32-52)58(74)83-42-12-11-41-82-57(73)6-3)69-64(70-63)67-49-25-35-54(36-26-49)86-61(77)46-17-29-51(30-18-46)79-38-8-10-40-81-56(72)5-2/h4-6,13-36H,1-3,7-12,37-42H2,(H3,65,66,67,68,69,70). The number of ether oxygens (including phenoxy) is 9. The second-order valence-electron chi connectivity index (χ2n) is 18.1. The van der Waals surface area contributed by atoms with Gasteiger partial charge in [0.05, 0.1) is 61.9 Å². The van der Waals surface area contributed by atoms with E-state index in [4.69, 9.17) is 42.6 Å². The highest BCUT2D eigenvalue weighted by molar-refractivity contribution is 5.93. The van der Waals surface area contributed by atoms with Crippen molar-refractivity contribution >= 4 is 76.7 Å². The molecule has 22 nitrogen and oxygen atoms in total. The van der Waals surface area contributed by atoms with Crippen LogP contribution in [0.4, 0.5) is 34.9 Å². The van der Waals surface area contributed by atoms with Gasteiger partial charge in [-0.3, -0.25) is 0 Å². The van der Waals surface area contributed by atoms with Gasteiger partial charge in [0.1, 0.15) is 28.7 Å². The molecule has 1 heterocycles. The first-order valence-electron chi connectivity index (χ1n) is 27.0. The molecule has 0 unspecified atom stereocenters. The quantitative estimate of drug-likeness (QED) is 0.0113. The number of carbonyl (C=O) groups excluding carboxylic acids is 7. The first-order valence-corrected chi connectivity index (χ1v) is 27.0. The number of rotatable bonds is 33. The average molecular weight is 1170 g/mol. The molecule has 0 bridgehead atoms. The van der Waals surface area contributed by atoms with E-state index in [9.17, 15) is 33.6 Å². The molecule has 7 rings (SSSR count). The lowest BCUT2D eigenvalue weighted by Gasteiger charge is -2.13. The van der Waals surface area contributed by atoms with Crippen LogP contribution in [0.5, 0.6) is 28.7 Å². The average Bonchev–Trinajstić information content (AvgIpc) is 3.66. The number of nitrogens with zero attached hydrogens (tertiary/aromatic N) is 3. The summed E-state index contributed by atoms with van der Waals surface area (Å²) in [5.74, 6) is -1.71. The lowest BCUT2D eigenvalue weighted by Crippen LogP contribution is -2.10. The Morgan fingerprint density at radius 2 is 0.558 bits per heavy atom. The summed E-state index contributed by atoms with van der Waals surface area (Å²) in [4.78, 5) is 99.1. The zero-order chi connectivity index (χ0) is 60.9. The van der Waals surface area contributed by atoms with Crippen LogP contribution in [-0.2, 0) is 33.3 Å². The van der Waals surface area contributed by atoms with Crippen LogP contribution in [0.1, 0.15) is 80.0 Å². The van der Waals surface area contributed by atoms with Crippen LogP contribution in [-0.4, -0.2) is 96.4 Å². The Morgan fingerprint density at radius 1 is 0.314 bits per heavy atom. The van der Waals surface area contributed by atoms with Crippen LogP contribution in [0.3, 0.4) is 0 Å². The molecule has 0 aliphatic heterocycles. The highest BCUT2D eigenvalue weighted by Gasteiger charge is 2.16. The number of anilines is 6. The molecule has 0 saturated carbocycles. The van der Waals surface area contributed by atoms with Crippen molar-refractivity contribution in [3.8, 4) is 28.7 Å². The van der Waals surface area contributed by atoms with Crippen LogP contribution in [0.25, 0.3) is 0 Å². The fourth-order valence-electron chi connectivity index (χ4n) is 7.30. The number of nitrogens with one attached hydrogen (secondary N) is 3. The topological polar surface area (TPSA) is 277 Å². The summed E-state index contributed by atoms with van der Waals surface area (Å²) >= 11 is 0. The Kier molecular flexibility index (Phi) is 24.0. The van der Waals surface area contributed by atoms with Crippen molar-refractivity contribution in [2.45, 2.75) is 38.5 Å². The van der Waals surface area contributed by atoms with Crippen molar-refractivity contribution < 1.29 is 76.2 Å². The minimum Gasteiger partial charge on any atom is -0.494 e. The molecule has 0 radical (unpaired) electrons. The van der Waals surface area contributed by atoms with E-state index in [1.54, 1.807) is 121 Å². The van der Waals surface area contributed by atoms with Gasteiger partial charge in [0.15, 0.2) is 0 Å². The summed E-state index contributed by atoms with van der Waals surface area (Å²) in [6.45, 7) is 11.7. The Hall–Kier alpha value is -11.2. The first kappa shape index (κ1) is 62.4. The Bertz CT molecular complexity index is 3300. The summed E-state index contributed by atoms with van der Waals surface area (Å²) in [6, 6.07) is 38.3. The number of benzene rings is 6. The number of carbonyl (C=O) groups is 7. The second-order valence-corrected chi connectivity index (χ2v) is 18.1. The molecule has 0 atom stereocenters. The molecule has 0 aliphatic carbocycles. The van der Waals surface area contributed by atoms with Crippen molar-refractivity contribution in [3.63, 3.8) is 0 Å². The molecule has 1 aromatic heterocycles. The zero-order valence-corrected chi connectivity index (χ0v) is 46.6. The molecular weight excluding hydrogens is 1110 g/mol. The summed E-state index contributed by atoms with van der Waals surface area (Å²) in [5.41, 5.74) is 2.62. The number of esters is 7. The third-order valence-electron chi connectivity index (χ3n) is 11.8. The van der Waals surface area contributed by atoms with E-state index in [2.05, 4.69) is 50.6 Å². The van der Waals surface area contributed by atoms with Gasteiger partial charge in [0, 0.05) is 35.3 Å². The summed E-state index contributed by atoms with van der Waals surface area (Å²) < 4.78 is 48.4. The maximum Gasteiger partial charge on any atom is 0.343 e. The predicted molar refractivity (Wildman–Crippen MR) is 316 cm³/mol. The molecule has 0 amide bonds. The van der Waals surface area contributed by atoms with Crippen LogP contribution in [0, 0.1) is 0 Å². The maximum atomic E-state index is 13.2. The van der Waals surface area contributed by atoms with Gasteiger partial charge in [0.2, 0.25) is 17.8 Å². The number of aromatic nitrogens is 3. The summed E-state index contributed by atoms with van der Waals surface area (Å²) in [6.07, 6.45) is 6.84. The second kappa shape index (κ2) is 33.1. The van der Waals surface area contributed by atoms with Gasteiger partial charge < -0.3 is 58.6 Å². The molecule has 0 saturated heterocycles. The Balaban J connectivity index is 0.964. The fourth-order valence-corrected chi connectivity index (χ4v) is 7.30. The maximum absolute atomic E-state index is 13.2. The smallest absolute Gasteiger partial charge is 0.343 e. The number of unbranched alkanes of at least 4 members (excludes halogenated alkanes) is 3. The highest BCUT2D eigenvalue weighted by Crippen LogP contribution is 2.26. The fraction of sp³-hybridized carbons (Fsp3) is 0.188. The van der Waals surface area contributed by atoms with Gasteiger partial charge in [-0.1, -0.05) is 19.7 Å². The molecule has 86 heavy (non-hydrogen) atoms. The molecule has 0 aliphatic rings. The van der Waals surface area contributed by atoms with E-state index in [-0.39, 0.29) is 72.6 Å². The molecule has 22 heteroatoms. The van der Waals surface area contributed by atoms with E-state index in [0.717, 1.165) is 18.2 Å². The molecule has 442 valence electrons. The third-order valence-corrected chi connectivity index (χ3v) is 11.8. The molecular formula is C64H60N6O16. The van der Waals surface area contributed by atoms with Crippen LogP contribution < -0.4 is 39.6 Å². The van der Waals surface area contributed by atoms with Gasteiger partial charge >= 0.3 is 41.8 Å². The van der Waals surface area contributed by atoms with Gasteiger partial charge in [0.25, 0.3) is 0 Å². The van der Waals surface area contributed by atoms with Crippen LogP contribution >= 0.6 is 0 Å². The molecule has 0 fully saturated rings. The molecule has 3 N–H and O–H groups in total. The molecule has 6 aromatic carbocycles. The third kappa shape index (κ3) is 21.0. The molecule has 0 spiro atoms. The predicted octanol–water partition coefficient (Wildman–Crippen LogP) is 11.2. The highest BCUT2D eigenvalue weighted by atomic mass is 16.6. The van der Waals surface area contributed by atoms with Gasteiger partial charge in [-0.25, -0.2) is 33.6 Å². The van der Waals surface area contributed by atoms with Gasteiger partial charge in [-0.15, -0.1) is 0 Å². The van der Waals surface area contributed by atoms with E-state index >= 15 is 0 Å². The van der Waals surface area contributed by atoms with Gasteiger partial charge in [-0.2, -0.15) is 15.0 Å². The monoisotopic (exact) mass is 1170 g/mol. The lowest BCUT2D eigenvalue weighted by atomic mass is 10.2. The minimum absolute atomic E-state index is 0.0926.